The molecule has 0 aliphatic carbocycles. The van der Waals surface area contributed by atoms with E-state index < -0.39 is 52.2 Å². The van der Waals surface area contributed by atoms with Crippen LogP contribution in [-0.4, -0.2) is 102 Å². The highest BCUT2D eigenvalue weighted by Crippen LogP contribution is 2.33. The molecule has 0 saturated carbocycles. The summed E-state index contributed by atoms with van der Waals surface area (Å²) in [7, 11) is -1.20. The second-order valence-electron chi connectivity index (χ2n) is 12.2. The van der Waals surface area contributed by atoms with Gasteiger partial charge in [0, 0.05) is 20.1 Å². The summed E-state index contributed by atoms with van der Waals surface area (Å²) in [5, 5.41) is 16.8. The van der Waals surface area contributed by atoms with Crippen LogP contribution >= 0.6 is 0 Å². The molecule has 2 amide bonds. The maximum Gasteiger partial charge on any atom is 0.407 e. The molecule has 4 rings (SSSR count). The van der Waals surface area contributed by atoms with Gasteiger partial charge < -0.3 is 39.4 Å². The van der Waals surface area contributed by atoms with Crippen LogP contribution in [0.15, 0.2) is 59.5 Å². The van der Waals surface area contributed by atoms with Crippen LogP contribution in [0.1, 0.15) is 32.3 Å². The van der Waals surface area contributed by atoms with Gasteiger partial charge >= 0.3 is 12.2 Å². The van der Waals surface area contributed by atoms with Gasteiger partial charge in [0.1, 0.15) is 11.9 Å². The Morgan fingerprint density at radius 3 is 2.48 bits per heavy atom. The number of rotatable bonds is 15. The molecule has 14 heteroatoms. The highest BCUT2D eigenvalue weighted by Gasteiger charge is 2.44. The Kier molecular flexibility index (Phi) is 12.3. The van der Waals surface area contributed by atoms with E-state index in [0.29, 0.717) is 25.2 Å². The van der Waals surface area contributed by atoms with Crippen molar-refractivity contribution in [3.8, 4) is 5.75 Å². The number of aliphatic hydroxyl groups is 1. The zero-order chi connectivity index (χ0) is 33.3. The summed E-state index contributed by atoms with van der Waals surface area (Å²) in [6.07, 6.45) is -2.28. The van der Waals surface area contributed by atoms with Crippen molar-refractivity contribution in [2.24, 2.45) is 11.3 Å². The van der Waals surface area contributed by atoms with Gasteiger partial charge in [-0.05, 0) is 54.5 Å². The van der Waals surface area contributed by atoms with E-state index in [1.54, 1.807) is 12.1 Å². The first-order valence-electron chi connectivity index (χ1n) is 15.3. The smallest absolute Gasteiger partial charge is 0.407 e. The van der Waals surface area contributed by atoms with Crippen LogP contribution in [0.4, 0.5) is 9.59 Å². The molecule has 0 bridgehead atoms. The summed E-state index contributed by atoms with van der Waals surface area (Å²) in [4.78, 5) is 24.8. The Bertz CT molecular complexity index is 1390. The summed E-state index contributed by atoms with van der Waals surface area (Å²) < 4.78 is 56.5. The number of nitrogens with zero attached hydrogens (tertiary/aromatic N) is 1. The van der Waals surface area contributed by atoms with E-state index in [4.69, 9.17) is 23.7 Å². The highest BCUT2D eigenvalue weighted by atomic mass is 32.2. The van der Waals surface area contributed by atoms with Crippen molar-refractivity contribution in [2.75, 3.05) is 47.1 Å². The number of amides is 2. The third-order valence-electron chi connectivity index (χ3n) is 8.22. The normalized spacial score (nSPS) is 20.9. The molecule has 46 heavy (non-hydrogen) atoms. The van der Waals surface area contributed by atoms with Crippen LogP contribution in [-0.2, 0) is 35.4 Å². The third kappa shape index (κ3) is 9.55. The van der Waals surface area contributed by atoms with Crippen LogP contribution in [0.3, 0.4) is 0 Å². The van der Waals surface area contributed by atoms with E-state index in [9.17, 15) is 23.1 Å². The van der Waals surface area contributed by atoms with Gasteiger partial charge in [-0.15, -0.1) is 0 Å². The van der Waals surface area contributed by atoms with Crippen molar-refractivity contribution in [2.45, 2.75) is 62.5 Å². The summed E-state index contributed by atoms with van der Waals surface area (Å²) >= 11 is 0. The zero-order valence-electron chi connectivity index (χ0n) is 26.7. The molecular formula is C32H45N3O10S. The maximum absolute atomic E-state index is 14.1. The molecule has 3 N–H and O–H groups in total. The number of carbonyl (C=O) groups excluding carboxylic acids is 2. The lowest BCUT2D eigenvalue weighted by Gasteiger charge is -2.35. The van der Waals surface area contributed by atoms with Gasteiger partial charge in [0.05, 0.1) is 49.9 Å². The molecule has 5 atom stereocenters. The zero-order valence-corrected chi connectivity index (χ0v) is 27.5. The second kappa shape index (κ2) is 15.9. The molecule has 0 aromatic heterocycles. The Labute approximate surface area is 270 Å². The van der Waals surface area contributed by atoms with Crippen molar-refractivity contribution in [1.82, 2.24) is 14.9 Å². The van der Waals surface area contributed by atoms with E-state index in [-0.39, 0.29) is 43.5 Å². The van der Waals surface area contributed by atoms with Crippen LogP contribution in [0.2, 0.25) is 0 Å². The van der Waals surface area contributed by atoms with Gasteiger partial charge in [0.15, 0.2) is 6.29 Å². The van der Waals surface area contributed by atoms with E-state index in [2.05, 4.69) is 10.6 Å². The largest absolute Gasteiger partial charge is 0.497 e. The third-order valence-corrected chi connectivity index (χ3v) is 10.0. The minimum absolute atomic E-state index is 0.0134. The highest BCUT2D eigenvalue weighted by molar-refractivity contribution is 7.89. The fourth-order valence-corrected chi connectivity index (χ4v) is 7.20. The first kappa shape index (κ1) is 35.4. The molecule has 254 valence electrons. The van der Waals surface area contributed by atoms with Crippen molar-refractivity contribution in [1.29, 1.82) is 0 Å². The van der Waals surface area contributed by atoms with E-state index in [1.807, 2.05) is 44.2 Å². The lowest BCUT2D eigenvalue weighted by molar-refractivity contribution is -0.0907. The molecule has 2 aromatic rings. The summed E-state index contributed by atoms with van der Waals surface area (Å²) in [6.45, 7) is 4.15. The van der Waals surface area contributed by atoms with Gasteiger partial charge in [-0.2, -0.15) is 4.31 Å². The van der Waals surface area contributed by atoms with Gasteiger partial charge in [-0.25, -0.2) is 18.0 Å². The van der Waals surface area contributed by atoms with E-state index >= 15 is 0 Å². The van der Waals surface area contributed by atoms with Crippen LogP contribution in [0, 0.1) is 11.3 Å². The maximum atomic E-state index is 14.1. The fraction of sp³-hybridized carbons (Fsp3) is 0.562. The number of fused-ring (bicyclic) bond motifs is 1. The number of ether oxygens (including phenoxy) is 5. The first-order chi connectivity index (χ1) is 21.9. The van der Waals surface area contributed by atoms with Crippen LogP contribution in [0.5, 0.6) is 5.75 Å². The standard InChI is InChI=1S/C32H45N3O10S/c1-32(2,15-17-43-30(37)33-3)21-35(46(39,40)24-12-10-23(41-4)11-13-24)19-27(36)26(18-22-8-6-5-7-9-22)34-31(38)45-28-20-44-29-25(28)14-16-42-29/h5-13,25-29,36H,14-21H2,1-4H3,(H,33,37)(H,34,38)/t25-,26-,27+,28-,29+/m0/s1. The van der Waals surface area contributed by atoms with Crippen molar-refractivity contribution >= 4 is 22.2 Å². The Hall–Kier alpha value is -3.43. The summed E-state index contributed by atoms with van der Waals surface area (Å²) in [5.41, 5.74) is 0.160. The quantitative estimate of drug-likeness (QED) is 0.258. The van der Waals surface area contributed by atoms with Crippen molar-refractivity contribution in [3.05, 3.63) is 60.2 Å². The number of methoxy groups -OCH3 is 1. The number of nitrogens with one attached hydrogen (secondary N) is 2. The number of sulfonamides is 1. The van der Waals surface area contributed by atoms with Crippen LogP contribution in [0.25, 0.3) is 0 Å². The fourth-order valence-electron chi connectivity index (χ4n) is 5.55. The minimum Gasteiger partial charge on any atom is -0.497 e. The molecule has 2 fully saturated rings. The van der Waals surface area contributed by atoms with Crippen molar-refractivity contribution < 1.29 is 46.8 Å². The predicted octanol–water partition coefficient (Wildman–Crippen LogP) is 2.92. The molecule has 2 saturated heterocycles. The van der Waals surface area contributed by atoms with Gasteiger partial charge in [-0.3, -0.25) is 0 Å². The van der Waals surface area contributed by atoms with Gasteiger partial charge in [0.2, 0.25) is 10.0 Å². The summed E-state index contributed by atoms with van der Waals surface area (Å²) in [5.74, 6) is 0.425. The number of benzene rings is 2. The van der Waals surface area contributed by atoms with Gasteiger partial charge in [0.25, 0.3) is 0 Å². The lowest BCUT2D eigenvalue weighted by atomic mass is 9.89. The average molecular weight is 664 g/mol. The first-order valence-corrected chi connectivity index (χ1v) is 16.8. The summed E-state index contributed by atoms with van der Waals surface area (Å²) in [6, 6.07) is 14.3. The van der Waals surface area contributed by atoms with Gasteiger partial charge in [-0.1, -0.05) is 44.2 Å². The van der Waals surface area contributed by atoms with Crippen LogP contribution < -0.4 is 15.4 Å². The number of hydrogen-bond donors (Lipinski definition) is 3. The number of aliphatic hydroxyl groups excluding tert-OH is 1. The number of alkyl carbamates (subject to hydrolysis) is 2. The monoisotopic (exact) mass is 663 g/mol. The molecule has 2 aromatic carbocycles. The second-order valence-corrected chi connectivity index (χ2v) is 14.2. The molecule has 0 spiro atoms. The molecule has 2 heterocycles. The lowest BCUT2D eigenvalue weighted by Crippen LogP contribution is -2.52. The Morgan fingerprint density at radius 1 is 1.09 bits per heavy atom. The Balaban J connectivity index is 1.55. The molecule has 13 nitrogen and oxygen atoms in total. The van der Waals surface area contributed by atoms with Crippen molar-refractivity contribution in [3.63, 3.8) is 0 Å². The number of hydrogen-bond acceptors (Lipinski definition) is 10. The average Bonchev–Trinajstić information content (AvgIpc) is 3.66. The predicted molar refractivity (Wildman–Crippen MR) is 168 cm³/mol. The molecule has 2 aliphatic rings. The molecule has 0 radical (unpaired) electrons. The SMILES string of the molecule is CNC(=O)OCCC(C)(C)CN(C[C@@H](O)[C@H](Cc1ccccc1)NC(=O)O[C@H]1CO[C@H]2OCC[C@H]21)S(=O)(=O)c1ccc(OC)cc1. The Morgan fingerprint density at radius 2 is 1.80 bits per heavy atom. The molecular weight excluding hydrogens is 618 g/mol. The number of carbonyl (C=O) groups is 2. The van der Waals surface area contributed by atoms with E-state index in [0.717, 1.165) is 5.56 Å². The minimum atomic E-state index is -4.14. The molecule has 2 aliphatic heterocycles. The van der Waals surface area contributed by atoms with E-state index in [1.165, 1.54) is 30.6 Å². The molecule has 0 unspecified atom stereocenters. The topological polar surface area (TPSA) is 162 Å².